The van der Waals surface area contributed by atoms with Gasteiger partial charge in [0.15, 0.2) is 0 Å². The maximum absolute atomic E-state index is 6.39. The molecular weight excluding hydrogens is 260 g/mol. The molecule has 0 radical (unpaired) electrons. The lowest BCUT2D eigenvalue weighted by Gasteiger charge is -2.37. The van der Waals surface area contributed by atoms with Gasteiger partial charge in [0.1, 0.15) is 0 Å². The van der Waals surface area contributed by atoms with E-state index in [0.29, 0.717) is 12.2 Å². The van der Waals surface area contributed by atoms with Crippen molar-refractivity contribution in [2.45, 2.75) is 71.5 Å². The van der Waals surface area contributed by atoms with Gasteiger partial charge in [-0.1, -0.05) is 27.2 Å². The molecule has 2 aliphatic heterocycles. The van der Waals surface area contributed by atoms with Crippen molar-refractivity contribution in [2.75, 3.05) is 39.3 Å². The average molecular weight is 296 g/mol. The molecule has 2 heterocycles. The topological polar surface area (TPSA) is 15.7 Å². The van der Waals surface area contributed by atoms with Crippen LogP contribution in [-0.2, 0) is 4.74 Å². The highest BCUT2D eigenvalue weighted by molar-refractivity contribution is 4.78. The van der Waals surface area contributed by atoms with Crippen LogP contribution in [0.3, 0.4) is 0 Å². The molecular formula is C18H36N2O. The molecule has 3 heteroatoms. The van der Waals surface area contributed by atoms with Gasteiger partial charge in [-0.3, -0.25) is 0 Å². The molecule has 21 heavy (non-hydrogen) atoms. The van der Waals surface area contributed by atoms with Crippen LogP contribution in [-0.4, -0.2) is 61.3 Å². The van der Waals surface area contributed by atoms with Crippen molar-refractivity contribution in [3.63, 3.8) is 0 Å². The molecule has 2 aliphatic rings. The number of likely N-dealkylation sites (tertiary alicyclic amines) is 2. The molecule has 0 saturated carbocycles. The number of rotatable bonds is 7. The number of ether oxygens (including phenoxy) is 1. The van der Waals surface area contributed by atoms with Crippen LogP contribution in [0.25, 0.3) is 0 Å². The monoisotopic (exact) mass is 296 g/mol. The predicted octanol–water partition coefficient (Wildman–Crippen LogP) is 3.39. The highest BCUT2D eigenvalue weighted by Crippen LogP contribution is 2.21. The molecule has 124 valence electrons. The Morgan fingerprint density at radius 2 is 1.43 bits per heavy atom. The van der Waals surface area contributed by atoms with E-state index >= 15 is 0 Å². The Bertz CT molecular complexity index is 268. The summed E-state index contributed by atoms with van der Waals surface area (Å²) in [6.45, 7) is 14.4. The van der Waals surface area contributed by atoms with Crippen LogP contribution < -0.4 is 0 Å². The quantitative estimate of drug-likeness (QED) is 0.716. The minimum absolute atomic E-state index is 0.529. The van der Waals surface area contributed by atoms with Crippen LogP contribution in [0, 0.1) is 5.92 Å². The molecule has 0 aromatic carbocycles. The van der Waals surface area contributed by atoms with Gasteiger partial charge in [0.25, 0.3) is 0 Å². The van der Waals surface area contributed by atoms with Crippen molar-refractivity contribution >= 4 is 0 Å². The Kier molecular flexibility index (Phi) is 7.48. The van der Waals surface area contributed by atoms with Crippen LogP contribution in [0.2, 0.25) is 0 Å². The number of nitrogens with zero attached hydrogens (tertiary/aromatic N) is 2. The van der Waals surface area contributed by atoms with E-state index in [1.165, 1.54) is 77.8 Å². The summed E-state index contributed by atoms with van der Waals surface area (Å²) in [6, 6.07) is 0. The van der Waals surface area contributed by atoms with Crippen LogP contribution in [0.5, 0.6) is 0 Å². The van der Waals surface area contributed by atoms with E-state index in [1.54, 1.807) is 0 Å². The molecule has 0 aliphatic carbocycles. The maximum atomic E-state index is 6.39. The van der Waals surface area contributed by atoms with Gasteiger partial charge >= 0.3 is 0 Å². The van der Waals surface area contributed by atoms with Crippen LogP contribution in [0.1, 0.15) is 59.3 Å². The summed E-state index contributed by atoms with van der Waals surface area (Å²) in [5.41, 5.74) is 0. The zero-order valence-corrected chi connectivity index (χ0v) is 14.5. The Balaban J connectivity index is 1.61. The highest BCUT2D eigenvalue weighted by Gasteiger charge is 2.25. The summed E-state index contributed by atoms with van der Waals surface area (Å²) >= 11 is 0. The lowest BCUT2D eigenvalue weighted by molar-refractivity contribution is -0.0657. The van der Waals surface area contributed by atoms with Gasteiger partial charge in [0.2, 0.25) is 0 Å². The normalized spacial score (nSPS) is 25.3. The molecule has 3 nitrogen and oxygen atoms in total. The lowest BCUT2D eigenvalue weighted by Crippen LogP contribution is -2.43. The maximum Gasteiger partial charge on any atom is 0.0603 e. The van der Waals surface area contributed by atoms with Crippen LogP contribution in [0.15, 0.2) is 0 Å². The summed E-state index contributed by atoms with van der Waals surface area (Å²) < 4.78 is 6.39. The fourth-order valence-corrected chi connectivity index (χ4v) is 3.66. The number of piperidine rings is 2. The first kappa shape index (κ1) is 17.2. The summed E-state index contributed by atoms with van der Waals surface area (Å²) in [5, 5.41) is 0. The average Bonchev–Trinajstić information content (AvgIpc) is 2.51. The van der Waals surface area contributed by atoms with Gasteiger partial charge in [0.05, 0.1) is 12.2 Å². The van der Waals surface area contributed by atoms with Crippen molar-refractivity contribution in [1.82, 2.24) is 9.80 Å². The summed E-state index contributed by atoms with van der Waals surface area (Å²) in [4.78, 5) is 5.23. The molecule has 0 bridgehead atoms. The van der Waals surface area contributed by atoms with E-state index in [-0.39, 0.29) is 0 Å². The first-order chi connectivity index (χ1) is 10.2. The Morgan fingerprint density at radius 3 is 1.90 bits per heavy atom. The van der Waals surface area contributed by atoms with E-state index < -0.39 is 0 Å². The van der Waals surface area contributed by atoms with Gasteiger partial charge < -0.3 is 14.5 Å². The number of hydrogen-bond donors (Lipinski definition) is 0. The second-order valence-electron chi connectivity index (χ2n) is 7.19. The Morgan fingerprint density at radius 1 is 0.905 bits per heavy atom. The third kappa shape index (κ3) is 5.88. The lowest BCUT2D eigenvalue weighted by atomic mass is 10.0. The standard InChI is InChI=1S/C18H36N2O/c1-4-10-19-11-6-17(7-12-19)21-18-8-13-20(14-9-18)15-16(3)5-2/h16-18H,4-15H2,1-3H3. The highest BCUT2D eigenvalue weighted by atomic mass is 16.5. The Hall–Kier alpha value is -0.120. The largest absolute Gasteiger partial charge is 0.375 e. The predicted molar refractivity (Wildman–Crippen MR) is 89.8 cm³/mol. The Labute approximate surface area is 132 Å². The molecule has 2 fully saturated rings. The SMILES string of the molecule is CCCN1CCC(OC2CCN(CC(C)CC)CC2)CC1. The van der Waals surface area contributed by atoms with Gasteiger partial charge in [-0.15, -0.1) is 0 Å². The number of hydrogen-bond acceptors (Lipinski definition) is 3. The summed E-state index contributed by atoms with van der Waals surface area (Å²) in [5.74, 6) is 0.838. The minimum Gasteiger partial charge on any atom is -0.375 e. The fraction of sp³-hybridized carbons (Fsp3) is 1.00. The van der Waals surface area contributed by atoms with Gasteiger partial charge in [0, 0.05) is 32.7 Å². The zero-order valence-electron chi connectivity index (χ0n) is 14.5. The molecule has 1 atom stereocenters. The second kappa shape index (κ2) is 9.12. The third-order valence-electron chi connectivity index (χ3n) is 5.26. The second-order valence-corrected chi connectivity index (χ2v) is 7.19. The fourth-order valence-electron chi connectivity index (χ4n) is 3.66. The van der Waals surface area contributed by atoms with E-state index in [0.717, 1.165) is 5.92 Å². The molecule has 2 rings (SSSR count). The smallest absolute Gasteiger partial charge is 0.0603 e. The van der Waals surface area contributed by atoms with E-state index in [4.69, 9.17) is 4.74 Å². The van der Waals surface area contributed by atoms with Gasteiger partial charge in [-0.2, -0.15) is 0 Å². The van der Waals surface area contributed by atoms with E-state index in [2.05, 4.69) is 30.6 Å². The van der Waals surface area contributed by atoms with E-state index in [1.807, 2.05) is 0 Å². The molecule has 0 spiro atoms. The molecule has 0 amide bonds. The van der Waals surface area contributed by atoms with Gasteiger partial charge in [-0.05, 0) is 44.6 Å². The molecule has 0 N–H and O–H groups in total. The van der Waals surface area contributed by atoms with Crippen molar-refractivity contribution in [1.29, 1.82) is 0 Å². The third-order valence-corrected chi connectivity index (χ3v) is 5.26. The van der Waals surface area contributed by atoms with Crippen molar-refractivity contribution < 1.29 is 4.74 Å². The van der Waals surface area contributed by atoms with Crippen molar-refractivity contribution in [2.24, 2.45) is 5.92 Å². The first-order valence-electron chi connectivity index (χ1n) is 9.31. The molecule has 0 aromatic rings. The first-order valence-corrected chi connectivity index (χ1v) is 9.31. The van der Waals surface area contributed by atoms with Crippen LogP contribution in [0.4, 0.5) is 0 Å². The van der Waals surface area contributed by atoms with Crippen molar-refractivity contribution in [3.05, 3.63) is 0 Å². The molecule has 2 saturated heterocycles. The summed E-state index contributed by atoms with van der Waals surface area (Å²) in [6.07, 6.45) is 8.61. The zero-order chi connectivity index (χ0) is 15.1. The van der Waals surface area contributed by atoms with Gasteiger partial charge in [-0.25, -0.2) is 0 Å². The minimum atomic E-state index is 0.529. The molecule has 1 unspecified atom stereocenters. The van der Waals surface area contributed by atoms with Crippen LogP contribution >= 0.6 is 0 Å². The van der Waals surface area contributed by atoms with Crippen molar-refractivity contribution in [3.8, 4) is 0 Å². The van der Waals surface area contributed by atoms with E-state index in [9.17, 15) is 0 Å². The summed E-state index contributed by atoms with van der Waals surface area (Å²) in [7, 11) is 0. The molecule has 0 aromatic heterocycles.